The molecule has 0 aliphatic carbocycles. The largest absolute Gasteiger partial charge is 0.477 e. The molecule has 0 aromatic heterocycles. The highest BCUT2D eigenvalue weighted by molar-refractivity contribution is 6.34. The van der Waals surface area contributed by atoms with Crippen molar-refractivity contribution in [2.75, 3.05) is 13.2 Å². The van der Waals surface area contributed by atoms with Crippen LogP contribution in [-0.2, 0) is 14.5 Å². The van der Waals surface area contributed by atoms with Crippen LogP contribution in [0.2, 0.25) is 0 Å². The number of aliphatic carboxylic acids is 1. The summed E-state index contributed by atoms with van der Waals surface area (Å²) in [4.78, 5) is 19.9. The van der Waals surface area contributed by atoms with Crippen molar-refractivity contribution in [3.63, 3.8) is 0 Å². The van der Waals surface area contributed by atoms with E-state index in [4.69, 9.17) is 15.8 Å². The highest BCUT2D eigenvalue weighted by Crippen LogP contribution is 2.20. The molecule has 35 heavy (non-hydrogen) atoms. The van der Waals surface area contributed by atoms with E-state index < -0.39 is 5.97 Å². The number of oxime groups is 1. The van der Waals surface area contributed by atoms with Crippen molar-refractivity contribution in [3.8, 4) is 0 Å². The monoisotopic (exact) mass is 468 g/mol. The maximum Gasteiger partial charge on any atom is 0.353 e. The highest BCUT2D eigenvalue weighted by Gasteiger charge is 2.01. The van der Waals surface area contributed by atoms with Crippen molar-refractivity contribution in [3.05, 3.63) is 108 Å². The molecule has 0 bridgehead atoms. The molecule has 0 amide bonds. The number of carboxylic acids is 1. The summed E-state index contributed by atoms with van der Waals surface area (Å²) in [5.74, 6) is 3.87. The molecule has 0 spiro atoms. The van der Waals surface area contributed by atoms with Gasteiger partial charge in [-0.15, -0.1) is 0 Å². The van der Waals surface area contributed by atoms with E-state index in [-0.39, 0.29) is 12.3 Å². The smallest absolute Gasteiger partial charge is 0.353 e. The number of nitrogens with zero attached hydrogens (tertiary/aromatic N) is 1. The number of nitrogens with two attached hydrogens (primary N) is 1. The van der Waals surface area contributed by atoms with E-state index in [1.54, 1.807) is 6.08 Å². The Labute approximate surface area is 204 Å². The van der Waals surface area contributed by atoms with Gasteiger partial charge >= 0.3 is 5.97 Å². The van der Waals surface area contributed by atoms with Gasteiger partial charge in [0.15, 0.2) is 5.71 Å². The first-order chi connectivity index (χ1) is 17.1. The molecule has 0 radical (unpaired) electrons. The lowest BCUT2D eigenvalue weighted by Crippen LogP contribution is -2.08. The molecular formula is C29H28N2O4. The Bertz CT molecular complexity index is 1350. The standard InChI is InChI=1S/C16H15NO3.C13H13NO/c1-12(16(18)19)17-20-11-5-9-14-8-4-7-13-6-2-3-10-15(13)14;14-15-10-4-8-12-7-3-6-11-5-1-2-9-13(11)12/h2-10H,11H2,1H3,(H,18,19);1-9H,10,14H2/b9-5+,17-12-;8-4+. The first kappa shape index (κ1) is 25.4. The molecule has 178 valence electrons. The predicted octanol–water partition coefficient (Wildman–Crippen LogP) is 6.07. The van der Waals surface area contributed by atoms with Gasteiger partial charge in [0.25, 0.3) is 0 Å². The van der Waals surface area contributed by atoms with Crippen LogP contribution in [0.3, 0.4) is 0 Å². The molecule has 4 aromatic rings. The van der Waals surface area contributed by atoms with Gasteiger partial charge in [-0.25, -0.2) is 10.7 Å². The quantitative estimate of drug-likeness (QED) is 0.186. The summed E-state index contributed by atoms with van der Waals surface area (Å²) in [6.45, 7) is 2.05. The van der Waals surface area contributed by atoms with E-state index in [1.807, 2.05) is 60.7 Å². The third-order valence-corrected chi connectivity index (χ3v) is 5.12. The molecule has 0 aliphatic heterocycles. The Morgan fingerprint density at radius 1 is 0.800 bits per heavy atom. The van der Waals surface area contributed by atoms with Crippen LogP contribution in [0, 0.1) is 0 Å². The van der Waals surface area contributed by atoms with E-state index >= 15 is 0 Å². The van der Waals surface area contributed by atoms with Gasteiger partial charge in [-0.3, -0.25) is 0 Å². The molecule has 0 heterocycles. The molecule has 0 saturated carbocycles. The SMILES string of the molecule is C/C(=N/OC/C=C/c1cccc2ccccc12)C(=O)O.NOC/C=C/c1cccc2ccccc12. The summed E-state index contributed by atoms with van der Waals surface area (Å²) in [5.41, 5.74) is 2.21. The zero-order chi connectivity index (χ0) is 24.9. The first-order valence-electron chi connectivity index (χ1n) is 11.1. The number of hydrogen-bond donors (Lipinski definition) is 2. The summed E-state index contributed by atoms with van der Waals surface area (Å²) in [6, 6.07) is 28.7. The summed E-state index contributed by atoms with van der Waals surface area (Å²) in [7, 11) is 0. The number of fused-ring (bicyclic) bond motifs is 2. The lowest BCUT2D eigenvalue weighted by molar-refractivity contribution is -0.129. The fourth-order valence-corrected chi connectivity index (χ4v) is 3.41. The Morgan fingerprint density at radius 2 is 1.29 bits per heavy atom. The van der Waals surface area contributed by atoms with Gasteiger partial charge in [0.05, 0.1) is 6.61 Å². The van der Waals surface area contributed by atoms with Crippen LogP contribution in [0.15, 0.2) is 102 Å². The Balaban J connectivity index is 0.000000203. The molecule has 0 fully saturated rings. The van der Waals surface area contributed by atoms with Gasteiger partial charge in [0.2, 0.25) is 0 Å². The molecule has 6 nitrogen and oxygen atoms in total. The molecule has 6 heteroatoms. The van der Waals surface area contributed by atoms with Gasteiger partial charge in [-0.05, 0) is 45.7 Å². The van der Waals surface area contributed by atoms with E-state index in [9.17, 15) is 4.79 Å². The minimum atomic E-state index is -1.08. The fraction of sp³-hybridized carbons (Fsp3) is 0.103. The molecule has 0 aliphatic rings. The molecule has 4 rings (SSSR count). The zero-order valence-electron chi connectivity index (χ0n) is 19.5. The second-order valence-corrected chi connectivity index (χ2v) is 7.55. The summed E-state index contributed by atoms with van der Waals surface area (Å²) >= 11 is 0. The first-order valence-corrected chi connectivity index (χ1v) is 11.1. The van der Waals surface area contributed by atoms with Crippen LogP contribution in [-0.4, -0.2) is 30.0 Å². The van der Waals surface area contributed by atoms with Crippen LogP contribution in [0.5, 0.6) is 0 Å². The van der Waals surface area contributed by atoms with Crippen molar-refractivity contribution in [2.45, 2.75) is 6.92 Å². The number of benzene rings is 4. The normalized spacial score (nSPS) is 11.7. The average Bonchev–Trinajstić information content (AvgIpc) is 2.89. The molecule has 0 saturated heterocycles. The van der Waals surface area contributed by atoms with Crippen LogP contribution in [0.4, 0.5) is 0 Å². The minimum absolute atomic E-state index is 0.0661. The molecule has 4 aromatic carbocycles. The molecule has 0 atom stereocenters. The van der Waals surface area contributed by atoms with E-state index in [2.05, 4.69) is 52.5 Å². The van der Waals surface area contributed by atoms with E-state index in [1.165, 1.54) is 28.6 Å². The van der Waals surface area contributed by atoms with Crippen molar-refractivity contribution in [2.24, 2.45) is 11.1 Å². The maximum atomic E-state index is 10.5. The summed E-state index contributed by atoms with van der Waals surface area (Å²) in [6.07, 6.45) is 7.67. The topological polar surface area (TPSA) is 94.1 Å². The fourth-order valence-electron chi connectivity index (χ4n) is 3.41. The van der Waals surface area contributed by atoms with E-state index in [0.29, 0.717) is 6.61 Å². The van der Waals surface area contributed by atoms with Crippen LogP contribution >= 0.6 is 0 Å². The van der Waals surface area contributed by atoms with Gasteiger partial charge in [0, 0.05) is 0 Å². The molecule has 0 unspecified atom stereocenters. The van der Waals surface area contributed by atoms with Crippen molar-refractivity contribution < 1.29 is 19.6 Å². The number of hydrogen-bond acceptors (Lipinski definition) is 5. The zero-order valence-corrected chi connectivity index (χ0v) is 19.5. The van der Waals surface area contributed by atoms with Gasteiger partial charge in [0.1, 0.15) is 6.61 Å². The van der Waals surface area contributed by atoms with Gasteiger partial charge in [-0.2, -0.15) is 0 Å². The second kappa shape index (κ2) is 13.4. The summed E-state index contributed by atoms with van der Waals surface area (Å²) < 4.78 is 0. The number of carbonyl (C=O) groups is 1. The second-order valence-electron chi connectivity index (χ2n) is 7.55. The lowest BCUT2D eigenvalue weighted by Gasteiger charge is -2.01. The number of carboxylic acid groups (broad SMARTS) is 1. The Morgan fingerprint density at radius 3 is 1.80 bits per heavy atom. The Kier molecular flexibility index (Phi) is 9.75. The van der Waals surface area contributed by atoms with Crippen LogP contribution in [0.1, 0.15) is 18.1 Å². The van der Waals surface area contributed by atoms with Crippen LogP contribution < -0.4 is 5.90 Å². The van der Waals surface area contributed by atoms with Gasteiger partial charge in [-0.1, -0.05) is 108 Å². The lowest BCUT2D eigenvalue weighted by atomic mass is 10.0. The average molecular weight is 469 g/mol. The molecule has 3 N–H and O–H groups in total. The third-order valence-electron chi connectivity index (χ3n) is 5.12. The number of rotatable bonds is 8. The summed E-state index contributed by atoms with van der Waals surface area (Å²) in [5, 5.41) is 16.9. The Hall–Kier alpha value is -4.26. The van der Waals surface area contributed by atoms with Gasteiger partial charge < -0.3 is 14.8 Å². The highest BCUT2D eigenvalue weighted by atomic mass is 16.6. The van der Waals surface area contributed by atoms with Crippen molar-refractivity contribution in [1.29, 1.82) is 0 Å². The van der Waals surface area contributed by atoms with Crippen molar-refractivity contribution in [1.82, 2.24) is 0 Å². The van der Waals surface area contributed by atoms with E-state index in [0.717, 1.165) is 10.9 Å². The third kappa shape index (κ3) is 7.64. The minimum Gasteiger partial charge on any atom is -0.477 e. The molecular weight excluding hydrogens is 440 g/mol. The predicted molar refractivity (Wildman–Crippen MR) is 143 cm³/mol. The van der Waals surface area contributed by atoms with Crippen LogP contribution in [0.25, 0.3) is 33.7 Å². The van der Waals surface area contributed by atoms with Crippen molar-refractivity contribution >= 4 is 45.4 Å². The maximum absolute atomic E-state index is 10.5.